The molecule has 135 heavy (non-hydrogen) atoms. The summed E-state index contributed by atoms with van der Waals surface area (Å²) in [5.74, 6) is -9.07. The molecule has 4 aliphatic rings. The highest BCUT2D eigenvalue weighted by atomic mass is 35.5. The van der Waals surface area contributed by atoms with Gasteiger partial charge in [0.15, 0.2) is 61.1 Å². The Morgan fingerprint density at radius 1 is 0.681 bits per heavy atom. The van der Waals surface area contributed by atoms with Crippen molar-refractivity contribution in [1.82, 2.24) is 70.4 Å². The van der Waals surface area contributed by atoms with Crippen LogP contribution in [-0.4, -0.2) is 242 Å². The molecule has 11 aromatic rings. The van der Waals surface area contributed by atoms with E-state index in [0.29, 0.717) is 67.6 Å². The fourth-order valence-electron chi connectivity index (χ4n) is 16.8. The summed E-state index contributed by atoms with van der Waals surface area (Å²) in [4.78, 5) is 176. The number of H-pyrrole nitrogens is 4. The van der Waals surface area contributed by atoms with Crippen LogP contribution in [-0.2, 0) is 70.2 Å². The van der Waals surface area contributed by atoms with Crippen molar-refractivity contribution in [2.75, 3.05) is 65.5 Å². The van der Waals surface area contributed by atoms with Crippen LogP contribution >= 0.6 is 47.6 Å². The maximum absolute atomic E-state index is 15.5. The van der Waals surface area contributed by atoms with Crippen LogP contribution in [0.25, 0.3) is 33.5 Å². The van der Waals surface area contributed by atoms with E-state index < -0.39 is 142 Å². The smallest absolute Gasteiger partial charge is 0.338 e. The minimum absolute atomic E-state index is 0.00289. The van der Waals surface area contributed by atoms with Gasteiger partial charge >= 0.3 is 41.8 Å². The number of aliphatic hydroxyl groups excluding tert-OH is 2. The zero-order valence-electron chi connectivity index (χ0n) is 74.1. The number of hydrogen-bond donors (Lipinski definition) is 15. The molecule has 712 valence electrons. The molecule has 3 fully saturated rings. The zero-order chi connectivity index (χ0) is 98.0. The van der Waals surface area contributed by atoms with Crippen LogP contribution in [0.15, 0.2) is 176 Å². The van der Waals surface area contributed by atoms with Crippen LogP contribution in [0.5, 0.6) is 0 Å². The molecule has 2 saturated carbocycles. The van der Waals surface area contributed by atoms with Crippen LogP contribution in [0.3, 0.4) is 0 Å². The molecule has 2 amide bonds. The minimum atomic E-state index is -2.39. The number of aromatic amines is 4. The third-order valence-corrected chi connectivity index (χ3v) is 24.6. The SMILES string of the molecule is CC(=O)O[C@H]1C(=O)[C@@]2(C)[C@H]([C@H](OC(=O)c3ccccc3)[C@]3(O)C[C@H](OC(=O)[C@H](O)[C@@H](NC(=O)c4ccccc4)c4ccccc4)C(C)=C1C3(C)C)[C@]1(OC(C)=O)CO[C@@H]1C[C@@H]2O.CN(Cc1cnc2nc(N)nc(N)c2n1)c1ccc(C(=O)N[C@@H](CCC(=O)O)C(=O)O)cc1.Nc1nc(=S)c2[nH]cnc2[nH]1.O=C(O)CCCc1ccc(N(CCCl)CCCl)cc1.S=c1nc[nH]c2nc[nH]c12. The van der Waals surface area contributed by atoms with Gasteiger partial charge in [0.05, 0.1) is 73.1 Å². The maximum Gasteiger partial charge on any atom is 0.338 e. The lowest BCUT2D eigenvalue weighted by Gasteiger charge is -2.67. The topological polar surface area (TPSA) is 613 Å². The molecule has 40 nitrogen and oxygen atoms in total. The number of fused-ring (bicyclic) bond motifs is 8. The predicted octanol–water partition coefficient (Wildman–Crippen LogP) is 9.00. The highest BCUT2D eigenvalue weighted by Crippen LogP contribution is 2.65. The van der Waals surface area contributed by atoms with Crippen molar-refractivity contribution in [3.05, 3.63) is 219 Å². The van der Waals surface area contributed by atoms with E-state index in [1.54, 1.807) is 117 Å². The number of halogens is 2. The summed E-state index contributed by atoms with van der Waals surface area (Å²) in [6.45, 7) is 9.89. The molecule has 5 aromatic carbocycles. The van der Waals surface area contributed by atoms with Crippen LogP contribution in [0.1, 0.15) is 134 Å². The first kappa shape index (κ1) is 102. The van der Waals surface area contributed by atoms with E-state index >= 15 is 4.79 Å². The lowest BCUT2D eigenvalue weighted by atomic mass is 9.44. The van der Waals surface area contributed by atoms with Gasteiger partial charge in [0, 0.05) is 99.3 Å². The molecule has 44 heteroatoms. The number of nitrogens with one attached hydrogen (secondary N) is 6. The first-order valence-corrected chi connectivity index (χ1v) is 44.2. The highest BCUT2D eigenvalue weighted by Gasteiger charge is 2.78. The van der Waals surface area contributed by atoms with Gasteiger partial charge in [0.2, 0.25) is 11.9 Å². The van der Waals surface area contributed by atoms with Crippen LogP contribution in [0.2, 0.25) is 0 Å². The number of rotatable bonds is 28. The first-order chi connectivity index (χ1) is 64.2. The number of amides is 2. The summed E-state index contributed by atoms with van der Waals surface area (Å²) in [7, 11) is 1.82. The molecule has 0 radical (unpaired) electrons. The van der Waals surface area contributed by atoms with Crippen molar-refractivity contribution in [3.63, 3.8) is 0 Å². The standard InChI is InChI=1S/C47H51NO14.C20H22N8O5.C14H19Cl2NO2.C5H5N5S.C5H4N4S/c1-25-31(60-43(56)36(52)35(28-16-10-7-11-17-28)48-41(54)29-18-12-8-13-19-29)23-47(57)40(61-42(55)30-20-14-9-15-21-30)38-45(6,32(51)22-33-46(38,24-58-33)62-27(3)50)39(53)37(59-26(2)49)34(25)44(47,4)5;1-28(9-11-8-23-17-15(24-11)16(21)26-20(22)27-17)12-4-2-10(3-5-12)18(31)25-13(19(32)33)6-7-14(29)30;15-8-10-17(11-9-16)13-6-4-12(5-7-13)2-1-3-14(18)19;6-5-9-3-2(4(11)10-5)7-1-8-3;10-5-3-4(7-1-6-3)8-2-9-5/h7-21,31-33,35-38,40,51-52,57H,22-24H2,1-6H3,(H,48,54);2-5,8,13H,6-7,9H2,1H3,(H,25,31)(H,29,30)(H,32,33)(H4,21,22,23,26,27);4-7H,1-3,8-11H2,(H,18,19);1H,(H4,6,7,8,9,10,11);1-2H,(H2,6,7,8,9,10)/t31-,32-,33+,35-,36+,37+,38-,40-,45+,46-,47+;13-;;;/m00.../s1. The van der Waals surface area contributed by atoms with Crippen molar-refractivity contribution >= 4 is 170 Å². The zero-order valence-corrected chi connectivity index (χ0v) is 77.2. The van der Waals surface area contributed by atoms with Gasteiger partial charge in [-0.1, -0.05) is 117 Å². The number of aliphatic carboxylic acids is 3. The number of nitrogen functional groups attached to an aromatic ring is 3. The third-order valence-electron chi connectivity index (χ3n) is 23.6. The van der Waals surface area contributed by atoms with Crippen molar-refractivity contribution in [2.45, 2.75) is 153 Å². The Morgan fingerprint density at radius 2 is 1.27 bits per heavy atom. The summed E-state index contributed by atoms with van der Waals surface area (Å²) >= 11 is 21.4. The second-order valence-corrected chi connectivity index (χ2v) is 34.2. The number of Topliss-reactive ketones (excluding diaryl/α,β-unsaturated/α-hetero) is 1. The van der Waals surface area contributed by atoms with Crippen LogP contribution in [0.4, 0.5) is 29.1 Å². The number of ketones is 1. The average Bonchev–Trinajstić information content (AvgIpc) is 0.859. The summed E-state index contributed by atoms with van der Waals surface area (Å²) in [5.41, 5.74) is 17.2. The number of aliphatic hydroxyl groups is 3. The monoisotopic (exact) mass is 1930 g/mol. The number of ether oxygens (including phenoxy) is 5. The first-order valence-electron chi connectivity index (χ1n) is 42.3. The number of carbonyl (C=O) groups excluding carboxylic acids is 7. The van der Waals surface area contributed by atoms with Crippen molar-refractivity contribution in [2.24, 2.45) is 16.7 Å². The molecule has 6 aromatic heterocycles. The largest absolute Gasteiger partial charge is 0.481 e. The number of alkyl halides is 2. The van der Waals surface area contributed by atoms with Crippen molar-refractivity contribution in [1.29, 1.82) is 0 Å². The number of imidazole rings is 2. The quantitative estimate of drug-likeness (QED) is 0.00714. The van der Waals surface area contributed by atoms with E-state index in [4.69, 9.17) is 98.7 Å². The molecule has 1 saturated heterocycles. The number of carboxylic acids is 3. The van der Waals surface area contributed by atoms with E-state index in [0.717, 1.165) is 61.5 Å². The molecule has 18 N–H and O–H groups in total. The Kier molecular flexibility index (Phi) is 33.7. The van der Waals surface area contributed by atoms with E-state index in [1.807, 2.05) is 36.2 Å². The Labute approximate surface area is 791 Å². The Balaban J connectivity index is 0.000000196. The second kappa shape index (κ2) is 44.8. The van der Waals surface area contributed by atoms with Crippen molar-refractivity contribution in [3.8, 4) is 0 Å². The molecular formula is C91H101Cl2N19O21S2. The number of esters is 4. The number of hydrogen-bond acceptors (Lipinski definition) is 33. The molecule has 15 rings (SSSR count). The maximum atomic E-state index is 15.5. The number of aromatic nitrogens is 12. The number of nitrogens with two attached hydrogens (primary N) is 3. The fraction of sp³-hybridized carbons (Fsp3) is 0.363. The summed E-state index contributed by atoms with van der Waals surface area (Å²) in [6, 6.07) is 36.2. The molecule has 2 bridgehead atoms. The summed E-state index contributed by atoms with van der Waals surface area (Å²) in [5, 5.41) is 69.1. The average molecular weight is 1930 g/mol. The molecule has 1 aliphatic heterocycles. The minimum Gasteiger partial charge on any atom is -0.481 e. The predicted molar refractivity (Wildman–Crippen MR) is 499 cm³/mol. The van der Waals surface area contributed by atoms with E-state index in [1.165, 1.54) is 50.8 Å². The number of carboxylic acid groups (broad SMARTS) is 3. The van der Waals surface area contributed by atoms with Gasteiger partial charge < -0.3 is 112 Å². The highest BCUT2D eigenvalue weighted by molar-refractivity contribution is 7.71. The lowest BCUT2D eigenvalue weighted by Crippen LogP contribution is -2.82. The van der Waals surface area contributed by atoms with Gasteiger partial charge in [-0.2, -0.15) is 9.97 Å². The van der Waals surface area contributed by atoms with Gasteiger partial charge in [-0.25, -0.2) is 44.3 Å². The Morgan fingerprint density at radius 3 is 1.85 bits per heavy atom. The Hall–Kier alpha value is -13.9. The van der Waals surface area contributed by atoms with Gasteiger partial charge in [-0.05, 0) is 116 Å². The molecule has 12 atom stereocenters. The molecule has 0 unspecified atom stereocenters. The number of anilines is 5. The summed E-state index contributed by atoms with van der Waals surface area (Å²) in [6.07, 6.45) is -3.22. The molecular weight excluding hydrogens is 1830 g/mol. The number of carbonyl (C=O) groups is 10. The number of benzene rings is 5. The molecule has 3 aliphatic carbocycles. The summed E-state index contributed by atoms with van der Waals surface area (Å²) < 4.78 is 31.3. The van der Waals surface area contributed by atoms with Gasteiger partial charge in [-0.15, -0.1) is 23.2 Å². The fourth-order valence-corrected chi connectivity index (χ4v) is 17.6. The van der Waals surface area contributed by atoms with E-state index in [-0.39, 0.29) is 77.8 Å². The lowest BCUT2D eigenvalue weighted by molar-refractivity contribution is -0.346. The third kappa shape index (κ3) is 23.8. The Bertz CT molecular complexity index is 6280. The van der Waals surface area contributed by atoms with E-state index in [2.05, 4.69) is 75.3 Å². The second-order valence-electron chi connectivity index (χ2n) is 32.7. The van der Waals surface area contributed by atoms with Gasteiger partial charge in [-0.3, -0.25) is 33.6 Å². The molecule has 7 heterocycles. The molecule has 0 spiro atoms. The van der Waals surface area contributed by atoms with Crippen LogP contribution < -0.4 is 37.6 Å². The van der Waals surface area contributed by atoms with E-state index in [9.17, 15) is 63.6 Å². The van der Waals surface area contributed by atoms with Gasteiger partial charge in [0.1, 0.15) is 41.0 Å². The number of aryl methyl sites for hydroxylation is 1. The van der Waals surface area contributed by atoms with Gasteiger partial charge in [0.25, 0.3) is 11.8 Å². The van der Waals surface area contributed by atoms with Crippen molar-refractivity contribution < 1.29 is 102 Å². The number of nitrogens with zero attached hydrogens (tertiary/aromatic N) is 10. The normalized spacial score (nSPS) is 20.6. The van der Waals surface area contributed by atoms with Crippen LogP contribution in [0, 0.1) is 26.0 Å².